The second-order valence-corrected chi connectivity index (χ2v) is 7.69. The highest BCUT2D eigenvalue weighted by molar-refractivity contribution is 7.09. The van der Waals surface area contributed by atoms with Crippen LogP contribution in [0.5, 0.6) is 17.2 Å². The Hall–Kier alpha value is -3.17. The van der Waals surface area contributed by atoms with Crippen LogP contribution in [-0.2, 0) is 6.61 Å². The van der Waals surface area contributed by atoms with Gasteiger partial charge in [0.2, 0.25) is 0 Å². The van der Waals surface area contributed by atoms with E-state index >= 15 is 0 Å². The molecule has 4 aromatic rings. The molecule has 0 atom stereocenters. The van der Waals surface area contributed by atoms with E-state index in [1.165, 1.54) is 25.6 Å². The maximum Gasteiger partial charge on any atom is 0.163 e. The topological polar surface area (TPSA) is 89.4 Å². The van der Waals surface area contributed by atoms with E-state index in [0.29, 0.717) is 40.4 Å². The van der Waals surface area contributed by atoms with Gasteiger partial charge in [-0.3, -0.25) is 0 Å². The molecule has 0 aliphatic heterocycles. The number of halogens is 2. The van der Waals surface area contributed by atoms with Gasteiger partial charge in [0, 0.05) is 22.9 Å². The van der Waals surface area contributed by atoms with Crippen LogP contribution in [0.4, 0.5) is 15.9 Å². The van der Waals surface area contributed by atoms with Crippen LogP contribution in [-0.4, -0.2) is 27.2 Å². The number of aryl methyl sites for hydroxylation is 2. The molecule has 0 radical (unpaired) electrons. The summed E-state index contributed by atoms with van der Waals surface area (Å²) in [5, 5.41) is 16.4. The molecule has 0 saturated heterocycles. The van der Waals surface area contributed by atoms with E-state index in [9.17, 15) is 9.50 Å². The molecule has 10 heteroatoms. The number of phenolic OH excluding ortho intramolecular Hbond substituents is 1. The van der Waals surface area contributed by atoms with Gasteiger partial charge in [-0.25, -0.2) is 19.3 Å². The van der Waals surface area contributed by atoms with Crippen molar-refractivity contribution in [3.8, 4) is 17.2 Å². The van der Waals surface area contributed by atoms with Crippen LogP contribution in [0.15, 0.2) is 36.0 Å². The van der Waals surface area contributed by atoms with E-state index < -0.39 is 5.82 Å². The van der Waals surface area contributed by atoms with E-state index in [1.807, 2.05) is 12.3 Å². The number of anilines is 2. The zero-order chi connectivity index (χ0) is 21.3. The van der Waals surface area contributed by atoms with Crippen molar-refractivity contribution in [2.24, 2.45) is 0 Å². The first kappa shape index (κ1) is 22.5. The summed E-state index contributed by atoms with van der Waals surface area (Å²) >= 11 is 1.56. The summed E-state index contributed by atoms with van der Waals surface area (Å²) in [7, 11) is 1.54. The van der Waals surface area contributed by atoms with Crippen LogP contribution in [0.2, 0.25) is 0 Å². The fourth-order valence-corrected chi connectivity index (χ4v) is 3.54. The predicted molar refractivity (Wildman–Crippen MR) is 121 cm³/mol. The molecule has 2 aromatic carbocycles. The SMILES string of the molecule is COc1cc2c(Nc3cc(O)c(C)cc3F)ncnc2cc1OCc1csc(C)n1.Cl. The van der Waals surface area contributed by atoms with Gasteiger partial charge in [0.25, 0.3) is 0 Å². The maximum absolute atomic E-state index is 14.3. The fourth-order valence-electron chi connectivity index (χ4n) is 2.95. The van der Waals surface area contributed by atoms with Crippen LogP contribution in [0.3, 0.4) is 0 Å². The van der Waals surface area contributed by atoms with Crippen molar-refractivity contribution in [1.82, 2.24) is 15.0 Å². The van der Waals surface area contributed by atoms with Gasteiger partial charge in [-0.1, -0.05) is 0 Å². The number of nitrogens with one attached hydrogen (secondary N) is 1. The summed E-state index contributed by atoms with van der Waals surface area (Å²) in [6.45, 7) is 3.87. The minimum absolute atomic E-state index is 0. The molecule has 0 aliphatic rings. The van der Waals surface area contributed by atoms with Gasteiger partial charge in [-0.2, -0.15) is 0 Å². The lowest BCUT2D eigenvalue weighted by molar-refractivity contribution is 0.282. The van der Waals surface area contributed by atoms with E-state index in [1.54, 1.807) is 30.4 Å². The summed E-state index contributed by atoms with van der Waals surface area (Å²) in [5.41, 5.74) is 1.98. The molecule has 2 heterocycles. The van der Waals surface area contributed by atoms with Crippen molar-refractivity contribution in [3.05, 3.63) is 58.1 Å². The summed E-state index contributed by atoms with van der Waals surface area (Å²) < 4.78 is 25.7. The highest BCUT2D eigenvalue weighted by Gasteiger charge is 2.14. The first-order valence-corrected chi connectivity index (χ1v) is 9.95. The van der Waals surface area contributed by atoms with Gasteiger partial charge >= 0.3 is 0 Å². The molecule has 31 heavy (non-hydrogen) atoms. The Morgan fingerprint density at radius 2 is 1.94 bits per heavy atom. The average Bonchev–Trinajstić information content (AvgIpc) is 3.15. The summed E-state index contributed by atoms with van der Waals surface area (Å²) in [4.78, 5) is 12.9. The van der Waals surface area contributed by atoms with Crippen molar-refractivity contribution in [1.29, 1.82) is 0 Å². The molecule has 0 bridgehead atoms. The second-order valence-electron chi connectivity index (χ2n) is 6.63. The van der Waals surface area contributed by atoms with E-state index in [-0.39, 0.29) is 23.8 Å². The minimum atomic E-state index is -0.498. The highest BCUT2D eigenvalue weighted by Crippen LogP contribution is 2.36. The van der Waals surface area contributed by atoms with E-state index in [2.05, 4.69) is 20.3 Å². The quantitative estimate of drug-likeness (QED) is 0.401. The van der Waals surface area contributed by atoms with Crippen molar-refractivity contribution in [2.45, 2.75) is 20.5 Å². The predicted octanol–water partition coefficient (Wildman–Crippen LogP) is 5.30. The van der Waals surface area contributed by atoms with E-state index in [4.69, 9.17) is 9.47 Å². The van der Waals surface area contributed by atoms with Crippen molar-refractivity contribution in [3.63, 3.8) is 0 Å². The number of hydrogen-bond acceptors (Lipinski definition) is 8. The van der Waals surface area contributed by atoms with Gasteiger partial charge in [-0.05, 0) is 31.5 Å². The fraction of sp³-hybridized carbons (Fsp3) is 0.190. The maximum atomic E-state index is 14.3. The van der Waals surface area contributed by atoms with Crippen molar-refractivity contribution >= 4 is 46.2 Å². The lowest BCUT2D eigenvalue weighted by Crippen LogP contribution is -2.01. The average molecular weight is 463 g/mol. The standard InChI is InChI=1S/C21H19FN4O3S.ClH/c1-11-4-15(22)17(6-18(11)27)26-21-14-5-19(28-3)20(7-16(14)23-10-24-21)29-8-13-9-30-12(2)25-13;/h4-7,9-10,27H,8H2,1-3H3,(H,23,24,26);1H. The monoisotopic (exact) mass is 462 g/mol. The Morgan fingerprint density at radius 1 is 1.13 bits per heavy atom. The Labute approximate surface area is 188 Å². The third-order valence-corrected chi connectivity index (χ3v) is 5.32. The number of rotatable bonds is 6. The third-order valence-electron chi connectivity index (χ3n) is 4.50. The number of methoxy groups -OCH3 is 1. The van der Waals surface area contributed by atoms with Gasteiger partial charge in [0.1, 0.15) is 30.3 Å². The largest absolute Gasteiger partial charge is 0.508 e. The van der Waals surface area contributed by atoms with Gasteiger partial charge in [0.15, 0.2) is 11.5 Å². The Balaban J connectivity index is 0.00000272. The molecular formula is C21H20ClFN4O3S. The molecule has 2 aromatic heterocycles. The zero-order valence-electron chi connectivity index (χ0n) is 17.0. The lowest BCUT2D eigenvalue weighted by atomic mass is 10.1. The lowest BCUT2D eigenvalue weighted by Gasteiger charge is -2.14. The Morgan fingerprint density at radius 3 is 2.65 bits per heavy atom. The summed E-state index contributed by atoms with van der Waals surface area (Å²) in [6, 6.07) is 6.05. The molecule has 0 fully saturated rings. The second kappa shape index (κ2) is 9.32. The first-order valence-electron chi connectivity index (χ1n) is 9.07. The number of ether oxygens (including phenoxy) is 2. The molecule has 0 aliphatic carbocycles. The molecule has 4 rings (SSSR count). The number of hydrogen-bond donors (Lipinski definition) is 2. The molecule has 0 spiro atoms. The Kier molecular flexibility index (Phi) is 6.77. The number of aromatic nitrogens is 3. The summed E-state index contributed by atoms with van der Waals surface area (Å²) in [5.74, 6) is 0.867. The van der Waals surface area contributed by atoms with Crippen molar-refractivity contribution in [2.75, 3.05) is 12.4 Å². The first-order chi connectivity index (χ1) is 14.4. The third kappa shape index (κ3) is 4.78. The van der Waals surface area contributed by atoms with Gasteiger partial charge in [0.05, 0.1) is 29.0 Å². The van der Waals surface area contributed by atoms with Gasteiger partial charge in [-0.15, -0.1) is 23.7 Å². The number of benzene rings is 2. The van der Waals surface area contributed by atoms with E-state index in [0.717, 1.165) is 10.7 Å². The molecular weight excluding hydrogens is 443 g/mol. The molecule has 162 valence electrons. The molecule has 0 amide bonds. The number of fused-ring (bicyclic) bond motifs is 1. The van der Waals surface area contributed by atoms with Crippen LogP contribution < -0.4 is 14.8 Å². The van der Waals surface area contributed by atoms with Crippen LogP contribution in [0.25, 0.3) is 10.9 Å². The molecule has 7 nitrogen and oxygen atoms in total. The smallest absolute Gasteiger partial charge is 0.163 e. The van der Waals surface area contributed by atoms with Gasteiger partial charge < -0.3 is 19.9 Å². The normalized spacial score (nSPS) is 10.6. The number of nitrogens with zero attached hydrogens (tertiary/aromatic N) is 3. The molecule has 0 unspecified atom stereocenters. The number of phenols is 1. The molecule has 2 N–H and O–H groups in total. The minimum Gasteiger partial charge on any atom is -0.508 e. The number of thiazole rings is 1. The highest BCUT2D eigenvalue weighted by atomic mass is 35.5. The Bertz CT molecular complexity index is 1230. The number of aromatic hydroxyl groups is 1. The zero-order valence-corrected chi connectivity index (χ0v) is 18.6. The van der Waals surface area contributed by atoms with Crippen molar-refractivity contribution < 1.29 is 19.0 Å². The molecule has 0 saturated carbocycles. The van der Waals surface area contributed by atoms with Crippen LogP contribution >= 0.6 is 23.7 Å². The van der Waals surface area contributed by atoms with Crippen LogP contribution in [0, 0.1) is 19.7 Å². The summed E-state index contributed by atoms with van der Waals surface area (Å²) in [6.07, 6.45) is 1.37. The van der Waals surface area contributed by atoms with Crippen LogP contribution in [0.1, 0.15) is 16.3 Å².